The number of halogens is 2. The Hall–Kier alpha value is -2.58. The number of rotatable bonds is 3. The van der Waals surface area contributed by atoms with Gasteiger partial charge in [-0.15, -0.1) is 0 Å². The van der Waals surface area contributed by atoms with Crippen molar-refractivity contribution in [1.82, 2.24) is 19.9 Å². The lowest BCUT2D eigenvalue weighted by Gasteiger charge is -2.35. The van der Waals surface area contributed by atoms with Crippen molar-refractivity contribution in [1.29, 1.82) is 0 Å². The van der Waals surface area contributed by atoms with Gasteiger partial charge in [-0.2, -0.15) is 5.10 Å². The molecule has 22 heavy (non-hydrogen) atoms. The zero-order valence-corrected chi connectivity index (χ0v) is 11.6. The predicted octanol–water partition coefficient (Wildman–Crippen LogP) is 0.664. The van der Waals surface area contributed by atoms with Gasteiger partial charge in [0.2, 0.25) is 0 Å². The molecular weight excluding hydrogens is 296 g/mol. The smallest absolute Gasteiger partial charge is 0.270 e. The summed E-state index contributed by atoms with van der Waals surface area (Å²) in [4.78, 5) is 27.6. The van der Waals surface area contributed by atoms with Crippen LogP contribution in [0.15, 0.2) is 12.3 Å². The number of nitrogens with two attached hydrogens (primary N) is 1. The quantitative estimate of drug-likeness (QED) is 0.869. The van der Waals surface area contributed by atoms with Crippen LogP contribution >= 0.6 is 0 Å². The topological polar surface area (TPSA) is 102 Å². The molecule has 3 N–H and O–H groups in total. The summed E-state index contributed by atoms with van der Waals surface area (Å²) in [6, 6.07) is 0.828. The second-order valence-electron chi connectivity index (χ2n) is 5.32. The maximum atomic E-state index is 12.8. The summed E-state index contributed by atoms with van der Waals surface area (Å²) in [5.74, 6) is -3.96. The molecule has 0 bridgehead atoms. The first-order valence-corrected chi connectivity index (χ1v) is 6.61. The molecule has 0 unspecified atom stereocenters. The highest BCUT2D eigenvalue weighted by molar-refractivity contribution is 6.01. The van der Waals surface area contributed by atoms with Gasteiger partial charge in [-0.25, -0.2) is 18.3 Å². The molecule has 0 atom stereocenters. The summed E-state index contributed by atoms with van der Waals surface area (Å²) < 4.78 is 26.8. The fraction of sp³-hybridized carbons (Fsp3) is 0.385. The highest BCUT2D eigenvalue weighted by Gasteiger charge is 2.46. The molecule has 1 aliphatic rings. The van der Waals surface area contributed by atoms with Crippen LogP contribution in [0.4, 0.5) is 8.78 Å². The first-order valence-electron chi connectivity index (χ1n) is 6.61. The van der Waals surface area contributed by atoms with Gasteiger partial charge < -0.3 is 11.1 Å². The molecule has 2 aromatic rings. The maximum absolute atomic E-state index is 12.8. The second kappa shape index (κ2) is 4.72. The monoisotopic (exact) mass is 309 g/mol. The number of alkyl halides is 2. The fourth-order valence-corrected chi connectivity index (χ4v) is 2.53. The molecule has 0 aliphatic heterocycles. The van der Waals surface area contributed by atoms with Crippen LogP contribution in [-0.2, 0) is 0 Å². The summed E-state index contributed by atoms with van der Waals surface area (Å²) >= 11 is 0. The fourth-order valence-electron chi connectivity index (χ4n) is 2.53. The Bertz CT molecular complexity index is 778. The van der Waals surface area contributed by atoms with Crippen molar-refractivity contribution in [2.75, 3.05) is 0 Å². The third-order valence-corrected chi connectivity index (χ3v) is 3.60. The third kappa shape index (κ3) is 2.28. The van der Waals surface area contributed by atoms with Crippen LogP contribution in [0.3, 0.4) is 0 Å². The SMILES string of the molecule is Cc1nn2c(C(=O)NC3CC(F)(F)C3)ccnc2c1C(N)=O. The number of nitrogens with zero attached hydrogens (tertiary/aromatic N) is 3. The molecule has 0 radical (unpaired) electrons. The number of amides is 2. The molecule has 0 aromatic carbocycles. The van der Waals surface area contributed by atoms with Crippen LogP contribution in [0.5, 0.6) is 0 Å². The van der Waals surface area contributed by atoms with Crippen molar-refractivity contribution in [3.05, 3.63) is 29.2 Å². The molecule has 2 amide bonds. The molecule has 2 aromatic heterocycles. The minimum Gasteiger partial charge on any atom is -0.365 e. The van der Waals surface area contributed by atoms with Gasteiger partial charge in [-0.3, -0.25) is 9.59 Å². The molecular formula is C13H13F2N5O2. The first kappa shape index (κ1) is 14.4. The molecule has 0 spiro atoms. The van der Waals surface area contributed by atoms with Crippen LogP contribution in [0, 0.1) is 6.92 Å². The van der Waals surface area contributed by atoms with E-state index in [2.05, 4.69) is 15.4 Å². The molecule has 1 aliphatic carbocycles. The summed E-state index contributed by atoms with van der Waals surface area (Å²) in [7, 11) is 0. The summed E-state index contributed by atoms with van der Waals surface area (Å²) in [5.41, 5.74) is 6.02. The van der Waals surface area contributed by atoms with E-state index in [4.69, 9.17) is 5.73 Å². The summed E-state index contributed by atoms with van der Waals surface area (Å²) in [6.07, 6.45) is 0.586. The number of hydrogen-bond acceptors (Lipinski definition) is 4. The van der Waals surface area contributed by atoms with Gasteiger partial charge in [-0.1, -0.05) is 0 Å². The van der Waals surface area contributed by atoms with Crippen molar-refractivity contribution in [2.45, 2.75) is 31.7 Å². The van der Waals surface area contributed by atoms with Crippen molar-refractivity contribution < 1.29 is 18.4 Å². The van der Waals surface area contributed by atoms with Crippen LogP contribution in [-0.4, -0.2) is 38.4 Å². The molecule has 3 rings (SSSR count). The zero-order valence-electron chi connectivity index (χ0n) is 11.6. The van der Waals surface area contributed by atoms with Crippen molar-refractivity contribution in [2.24, 2.45) is 5.73 Å². The number of aryl methyl sites for hydroxylation is 1. The van der Waals surface area contributed by atoms with Crippen molar-refractivity contribution >= 4 is 17.5 Å². The summed E-state index contributed by atoms with van der Waals surface area (Å²) in [5, 5.41) is 6.59. The van der Waals surface area contributed by atoms with Gasteiger partial charge in [0, 0.05) is 25.1 Å². The molecule has 1 saturated carbocycles. The van der Waals surface area contributed by atoms with Gasteiger partial charge in [0.1, 0.15) is 11.3 Å². The average Bonchev–Trinajstić information content (AvgIpc) is 2.71. The number of fused-ring (bicyclic) bond motifs is 1. The van der Waals surface area contributed by atoms with E-state index in [9.17, 15) is 18.4 Å². The molecule has 116 valence electrons. The van der Waals surface area contributed by atoms with E-state index >= 15 is 0 Å². The van der Waals surface area contributed by atoms with E-state index in [1.165, 1.54) is 16.8 Å². The highest BCUT2D eigenvalue weighted by Crippen LogP contribution is 2.37. The minimum atomic E-state index is -2.72. The highest BCUT2D eigenvalue weighted by atomic mass is 19.3. The van der Waals surface area contributed by atoms with Crippen LogP contribution < -0.4 is 11.1 Å². The number of carbonyl (C=O) groups excluding carboxylic acids is 2. The lowest BCUT2D eigenvalue weighted by molar-refractivity contribution is -0.0901. The third-order valence-electron chi connectivity index (χ3n) is 3.60. The van der Waals surface area contributed by atoms with E-state index in [1.54, 1.807) is 6.92 Å². The van der Waals surface area contributed by atoms with Crippen LogP contribution in [0.2, 0.25) is 0 Å². The number of carbonyl (C=O) groups is 2. The van der Waals surface area contributed by atoms with E-state index in [0.29, 0.717) is 5.69 Å². The average molecular weight is 309 g/mol. The Labute approximate surface area is 123 Å². The van der Waals surface area contributed by atoms with Crippen LogP contribution in [0.25, 0.3) is 5.65 Å². The Kier molecular flexibility index (Phi) is 3.08. The normalized spacial score (nSPS) is 17.2. The predicted molar refractivity (Wildman–Crippen MR) is 71.7 cm³/mol. The van der Waals surface area contributed by atoms with Gasteiger partial charge in [0.15, 0.2) is 5.65 Å². The zero-order chi connectivity index (χ0) is 16.1. The van der Waals surface area contributed by atoms with E-state index < -0.39 is 23.8 Å². The second-order valence-corrected chi connectivity index (χ2v) is 5.32. The van der Waals surface area contributed by atoms with Gasteiger partial charge >= 0.3 is 0 Å². The number of aromatic nitrogens is 3. The van der Waals surface area contributed by atoms with E-state index in [-0.39, 0.29) is 29.7 Å². The molecule has 2 heterocycles. The van der Waals surface area contributed by atoms with Crippen molar-refractivity contribution in [3.8, 4) is 0 Å². The van der Waals surface area contributed by atoms with Gasteiger partial charge in [-0.05, 0) is 13.0 Å². The Morgan fingerprint density at radius 3 is 2.73 bits per heavy atom. The minimum absolute atomic E-state index is 0.107. The van der Waals surface area contributed by atoms with Gasteiger partial charge in [0.05, 0.1) is 5.69 Å². The Morgan fingerprint density at radius 2 is 2.14 bits per heavy atom. The van der Waals surface area contributed by atoms with E-state index in [1.807, 2.05) is 0 Å². The standard InChI is InChI=1S/C13H13F2N5O2/c1-6-9(10(16)21)11-17-3-2-8(20(11)19-6)12(22)18-7-4-13(14,15)5-7/h2-3,7H,4-5H2,1H3,(H2,16,21)(H,18,22). The van der Waals surface area contributed by atoms with Crippen LogP contribution in [0.1, 0.15) is 39.4 Å². The molecule has 0 saturated heterocycles. The maximum Gasteiger partial charge on any atom is 0.270 e. The van der Waals surface area contributed by atoms with Crippen molar-refractivity contribution in [3.63, 3.8) is 0 Å². The molecule has 7 nitrogen and oxygen atoms in total. The molecule has 1 fully saturated rings. The largest absolute Gasteiger partial charge is 0.365 e. The van der Waals surface area contributed by atoms with E-state index in [0.717, 1.165) is 0 Å². The lowest BCUT2D eigenvalue weighted by Crippen LogP contribution is -2.50. The Balaban J connectivity index is 1.93. The number of hydrogen-bond donors (Lipinski definition) is 2. The number of primary amides is 1. The number of nitrogens with one attached hydrogen (secondary N) is 1. The Morgan fingerprint density at radius 1 is 1.45 bits per heavy atom. The molecule has 9 heteroatoms. The van der Waals surface area contributed by atoms with Gasteiger partial charge in [0.25, 0.3) is 17.7 Å². The lowest BCUT2D eigenvalue weighted by atomic mass is 9.88. The first-order chi connectivity index (χ1) is 10.3. The summed E-state index contributed by atoms with van der Waals surface area (Å²) in [6.45, 7) is 1.57.